The number of fused-ring (bicyclic) bond motifs is 1. The van der Waals surface area contributed by atoms with E-state index >= 15 is 0 Å². The molecule has 1 aliphatic rings. The molecule has 10 heteroatoms. The molecule has 2 aromatic heterocycles. The molecule has 0 saturated carbocycles. The second kappa shape index (κ2) is 9.46. The zero-order valence-electron chi connectivity index (χ0n) is 19.8. The molecule has 0 aliphatic carbocycles. The maximum absolute atomic E-state index is 13.8. The number of carbonyl (C=O) groups is 1. The number of nitrogens with two attached hydrogens (primary N) is 1. The summed E-state index contributed by atoms with van der Waals surface area (Å²) in [5.41, 5.74) is 7.20. The van der Waals surface area contributed by atoms with Gasteiger partial charge in [-0.25, -0.2) is 14.8 Å². The Hall–Kier alpha value is -4.78. The number of amides is 1. The van der Waals surface area contributed by atoms with Crippen LogP contribution in [0.4, 0.5) is 5.82 Å². The van der Waals surface area contributed by atoms with Crippen molar-refractivity contribution in [2.75, 3.05) is 25.9 Å². The van der Waals surface area contributed by atoms with Gasteiger partial charge in [-0.2, -0.15) is 0 Å². The molecule has 2 N–H and O–H groups in total. The van der Waals surface area contributed by atoms with Crippen LogP contribution in [0.15, 0.2) is 59.7 Å². The zero-order valence-corrected chi connectivity index (χ0v) is 19.8. The Bertz CT molecular complexity index is 1560. The fourth-order valence-electron chi connectivity index (χ4n) is 4.45. The van der Waals surface area contributed by atoms with Gasteiger partial charge in [0.1, 0.15) is 17.6 Å². The van der Waals surface area contributed by atoms with Crippen LogP contribution in [-0.4, -0.2) is 50.1 Å². The van der Waals surface area contributed by atoms with E-state index in [-0.39, 0.29) is 23.5 Å². The SMILES string of the molecule is CC#CC(=O)N1CC[C@@H](n2c(=O)n(-c3ccc(Oc4ccccc4)c(OC)c3)c3c(N)ncnc32)C1. The van der Waals surface area contributed by atoms with Gasteiger partial charge in [-0.1, -0.05) is 24.1 Å². The van der Waals surface area contributed by atoms with Gasteiger partial charge in [0.15, 0.2) is 23.0 Å². The molecule has 0 bridgehead atoms. The van der Waals surface area contributed by atoms with Crippen molar-refractivity contribution < 1.29 is 14.3 Å². The average molecular weight is 485 g/mol. The van der Waals surface area contributed by atoms with Crippen molar-refractivity contribution in [3.8, 4) is 34.8 Å². The summed E-state index contributed by atoms with van der Waals surface area (Å²) in [6, 6.07) is 14.2. The molecule has 1 fully saturated rings. The van der Waals surface area contributed by atoms with E-state index in [0.717, 1.165) is 0 Å². The molecule has 1 aliphatic heterocycles. The molecule has 1 atom stereocenters. The smallest absolute Gasteiger partial charge is 0.335 e. The minimum atomic E-state index is -0.336. The van der Waals surface area contributed by atoms with Crippen molar-refractivity contribution in [1.29, 1.82) is 0 Å². The van der Waals surface area contributed by atoms with E-state index in [2.05, 4.69) is 21.8 Å². The Labute approximate surface area is 206 Å². The first-order valence-electron chi connectivity index (χ1n) is 11.4. The largest absolute Gasteiger partial charge is 0.493 e. The number of aromatic nitrogens is 4. The van der Waals surface area contributed by atoms with Gasteiger partial charge in [0.2, 0.25) is 0 Å². The molecule has 3 heterocycles. The Morgan fingerprint density at radius 1 is 1.14 bits per heavy atom. The van der Waals surface area contributed by atoms with Crippen LogP contribution in [0.1, 0.15) is 19.4 Å². The third-order valence-electron chi connectivity index (χ3n) is 6.10. The summed E-state index contributed by atoms with van der Waals surface area (Å²) in [6.45, 7) is 2.47. The number of methoxy groups -OCH3 is 1. The zero-order chi connectivity index (χ0) is 25.2. The van der Waals surface area contributed by atoms with Crippen LogP contribution in [0.5, 0.6) is 17.2 Å². The van der Waals surface area contributed by atoms with Crippen LogP contribution in [-0.2, 0) is 4.79 Å². The van der Waals surface area contributed by atoms with Gasteiger partial charge >= 0.3 is 5.69 Å². The summed E-state index contributed by atoms with van der Waals surface area (Å²) in [5.74, 6) is 6.69. The van der Waals surface area contributed by atoms with Crippen molar-refractivity contribution >= 4 is 22.9 Å². The van der Waals surface area contributed by atoms with Gasteiger partial charge in [-0.05, 0) is 43.5 Å². The van der Waals surface area contributed by atoms with Gasteiger partial charge < -0.3 is 20.1 Å². The third kappa shape index (κ3) is 4.01. The maximum Gasteiger partial charge on any atom is 0.335 e. The van der Waals surface area contributed by atoms with Gasteiger partial charge in [0.05, 0.1) is 18.8 Å². The molecule has 4 aromatic rings. The van der Waals surface area contributed by atoms with Gasteiger partial charge in [-0.15, -0.1) is 0 Å². The first-order chi connectivity index (χ1) is 17.5. The lowest BCUT2D eigenvalue weighted by Crippen LogP contribution is -2.31. The van der Waals surface area contributed by atoms with Crippen LogP contribution >= 0.6 is 0 Å². The first-order valence-corrected chi connectivity index (χ1v) is 11.4. The molecule has 0 radical (unpaired) electrons. The summed E-state index contributed by atoms with van der Waals surface area (Å²) in [7, 11) is 1.53. The van der Waals surface area contributed by atoms with E-state index in [9.17, 15) is 9.59 Å². The molecule has 0 unspecified atom stereocenters. The van der Waals surface area contributed by atoms with E-state index < -0.39 is 0 Å². The fourth-order valence-corrected chi connectivity index (χ4v) is 4.45. The number of hydrogen-bond acceptors (Lipinski definition) is 7. The minimum Gasteiger partial charge on any atom is -0.493 e. The monoisotopic (exact) mass is 484 g/mol. The predicted molar refractivity (Wildman–Crippen MR) is 134 cm³/mol. The highest BCUT2D eigenvalue weighted by Crippen LogP contribution is 2.34. The topological polar surface area (TPSA) is 118 Å². The lowest BCUT2D eigenvalue weighted by Gasteiger charge is -2.14. The number of ether oxygens (including phenoxy) is 2. The number of nitrogen functional groups attached to an aromatic ring is 1. The Kier molecular flexibility index (Phi) is 6.04. The van der Waals surface area contributed by atoms with Crippen molar-refractivity contribution in [3.63, 3.8) is 0 Å². The number of carbonyl (C=O) groups excluding carboxylic acids is 1. The maximum atomic E-state index is 13.8. The highest BCUT2D eigenvalue weighted by molar-refractivity contribution is 5.93. The molecule has 0 spiro atoms. The van der Waals surface area contributed by atoms with Crippen LogP contribution in [0.3, 0.4) is 0 Å². The van der Waals surface area contributed by atoms with E-state index in [1.165, 1.54) is 18.0 Å². The Morgan fingerprint density at radius 2 is 1.94 bits per heavy atom. The number of para-hydroxylation sites is 1. The quantitative estimate of drug-likeness (QED) is 0.433. The first kappa shape index (κ1) is 23.0. The number of anilines is 1. The Balaban J connectivity index is 1.59. The average Bonchev–Trinajstić information content (AvgIpc) is 3.48. The number of imidazole rings is 1. The summed E-state index contributed by atoms with van der Waals surface area (Å²) in [6.07, 6.45) is 1.92. The number of hydrogen-bond donors (Lipinski definition) is 1. The van der Waals surface area contributed by atoms with Crippen molar-refractivity contribution in [1.82, 2.24) is 24.0 Å². The van der Waals surface area contributed by atoms with Gasteiger partial charge in [0.25, 0.3) is 5.91 Å². The van der Waals surface area contributed by atoms with Crippen LogP contribution in [0.2, 0.25) is 0 Å². The molecule has 1 amide bonds. The molecular formula is C26H24N6O4. The van der Waals surface area contributed by atoms with Crippen molar-refractivity contribution in [2.45, 2.75) is 19.4 Å². The summed E-state index contributed by atoms with van der Waals surface area (Å²) < 4.78 is 14.6. The third-order valence-corrected chi connectivity index (χ3v) is 6.10. The minimum absolute atomic E-state index is 0.169. The summed E-state index contributed by atoms with van der Waals surface area (Å²) in [5, 5.41) is 0. The van der Waals surface area contributed by atoms with Crippen LogP contribution < -0.4 is 20.9 Å². The predicted octanol–water partition coefficient (Wildman–Crippen LogP) is 2.76. The number of benzene rings is 2. The van der Waals surface area contributed by atoms with E-state index in [1.54, 1.807) is 34.6 Å². The summed E-state index contributed by atoms with van der Waals surface area (Å²) >= 11 is 0. The van der Waals surface area contributed by atoms with Gasteiger partial charge in [0, 0.05) is 19.2 Å². The van der Waals surface area contributed by atoms with Crippen molar-refractivity contribution in [2.24, 2.45) is 0 Å². The normalized spacial score (nSPS) is 14.9. The van der Waals surface area contributed by atoms with Crippen LogP contribution in [0, 0.1) is 11.8 Å². The van der Waals surface area contributed by atoms with E-state index in [0.29, 0.717) is 53.6 Å². The number of likely N-dealkylation sites (tertiary alicyclic amines) is 1. The molecule has 2 aromatic carbocycles. The number of rotatable bonds is 5. The molecular weight excluding hydrogens is 460 g/mol. The number of nitrogens with zero attached hydrogens (tertiary/aromatic N) is 5. The van der Waals surface area contributed by atoms with E-state index in [4.69, 9.17) is 15.2 Å². The molecule has 182 valence electrons. The Morgan fingerprint density at radius 3 is 2.69 bits per heavy atom. The fraction of sp³-hybridized carbons (Fsp3) is 0.231. The van der Waals surface area contributed by atoms with Crippen LogP contribution in [0.25, 0.3) is 16.9 Å². The highest BCUT2D eigenvalue weighted by atomic mass is 16.5. The molecule has 10 nitrogen and oxygen atoms in total. The van der Waals surface area contributed by atoms with Crippen molar-refractivity contribution in [3.05, 3.63) is 65.3 Å². The molecule has 36 heavy (non-hydrogen) atoms. The highest BCUT2D eigenvalue weighted by Gasteiger charge is 2.31. The summed E-state index contributed by atoms with van der Waals surface area (Å²) in [4.78, 5) is 36.2. The second-order valence-corrected chi connectivity index (χ2v) is 8.24. The second-order valence-electron chi connectivity index (χ2n) is 8.24. The van der Waals surface area contributed by atoms with E-state index in [1.807, 2.05) is 30.3 Å². The molecule has 5 rings (SSSR count). The van der Waals surface area contributed by atoms with Gasteiger partial charge in [-0.3, -0.25) is 13.9 Å². The standard InChI is InChI=1S/C26H24N6O4/c1-3-7-22(33)30-13-12-18(15-30)32-25-23(24(27)28-16-29-25)31(26(32)34)17-10-11-20(21(14-17)35-2)36-19-8-5-4-6-9-19/h4-6,8-11,14,16,18H,12-13,15H2,1-2H3,(H2,27,28,29)/t18-/m1/s1. The lowest BCUT2D eigenvalue weighted by molar-refractivity contribution is -0.124. The molecule has 1 saturated heterocycles. The lowest BCUT2D eigenvalue weighted by atomic mass is 10.2.